The van der Waals surface area contributed by atoms with E-state index in [1.54, 1.807) is 13.0 Å². The summed E-state index contributed by atoms with van der Waals surface area (Å²) in [5, 5.41) is 8.92. The molecule has 2 amide bonds. The normalized spacial score (nSPS) is 14.8. The molecule has 0 aliphatic carbocycles. The smallest absolute Gasteiger partial charge is 0.239 e. The lowest BCUT2D eigenvalue weighted by Gasteiger charge is -2.34. The van der Waals surface area contributed by atoms with Gasteiger partial charge in [0.1, 0.15) is 5.76 Å². The van der Waals surface area contributed by atoms with Gasteiger partial charge < -0.3 is 14.7 Å². The van der Waals surface area contributed by atoms with Crippen molar-refractivity contribution in [2.75, 3.05) is 38.0 Å². The van der Waals surface area contributed by atoms with E-state index in [1.165, 1.54) is 16.3 Å². The zero-order valence-electron chi connectivity index (χ0n) is 17.1. The van der Waals surface area contributed by atoms with Gasteiger partial charge in [-0.25, -0.2) is 0 Å². The van der Waals surface area contributed by atoms with Crippen LogP contribution in [0.1, 0.15) is 17.7 Å². The van der Waals surface area contributed by atoms with Crippen molar-refractivity contribution in [3.05, 3.63) is 59.9 Å². The molecule has 156 valence electrons. The number of hydrogen-bond acceptors (Lipinski definition) is 5. The van der Waals surface area contributed by atoms with Crippen LogP contribution in [0.15, 0.2) is 53.1 Å². The van der Waals surface area contributed by atoms with E-state index in [1.807, 2.05) is 17.0 Å². The van der Waals surface area contributed by atoms with Gasteiger partial charge in [-0.3, -0.25) is 14.5 Å². The Hall–Kier alpha value is -3.19. The van der Waals surface area contributed by atoms with Crippen molar-refractivity contribution in [1.82, 2.24) is 15.0 Å². The number of anilines is 1. The Kier molecular flexibility index (Phi) is 6.09. The lowest BCUT2D eigenvalue weighted by Crippen LogP contribution is -2.50. The minimum atomic E-state index is -0.126. The van der Waals surface area contributed by atoms with Crippen LogP contribution in [0, 0.1) is 6.92 Å². The van der Waals surface area contributed by atoms with Gasteiger partial charge in [0.05, 0.1) is 6.54 Å². The van der Waals surface area contributed by atoms with Crippen molar-refractivity contribution in [2.24, 2.45) is 0 Å². The van der Waals surface area contributed by atoms with Gasteiger partial charge in [0.15, 0.2) is 5.82 Å². The molecule has 0 saturated carbocycles. The second kappa shape index (κ2) is 9.09. The standard InChI is InChI=1S/C23H26N4O3/c1-17-14-21(25-30-17)24-22(28)16-26-10-12-27(13-11-26)23(29)9-7-18-6-8-19-4-2-3-5-20(19)15-18/h2-6,8,14-15H,7,9-13,16H2,1H3,(H,24,25,28). The minimum Gasteiger partial charge on any atom is -0.360 e. The van der Waals surface area contributed by atoms with E-state index in [0.29, 0.717) is 44.2 Å². The second-order valence-corrected chi connectivity index (χ2v) is 7.71. The lowest BCUT2D eigenvalue weighted by atomic mass is 10.0. The molecule has 3 aromatic rings. The maximum Gasteiger partial charge on any atom is 0.239 e. The number of aryl methyl sites for hydroxylation is 2. The van der Waals surface area contributed by atoms with Crippen LogP contribution < -0.4 is 5.32 Å². The molecule has 2 heterocycles. The fourth-order valence-corrected chi connectivity index (χ4v) is 3.77. The van der Waals surface area contributed by atoms with E-state index in [4.69, 9.17) is 4.52 Å². The molecule has 2 aromatic carbocycles. The molecular formula is C23H26N4O3. The monoisotopic (exact) mass is 406 g/mol. The predicted molar refractivity (Wildman–Crippen MR) is 115 cm³/mol. The number of amides is 2. The summed E-state index contributed by atoms with van der Waals surface area (Å²) in [7, 11) is 0. The van der Waals surface area contributed by atoms with Crippen LogP contribution in [0.4, 0.5) is 5.82 Å². The zero-order valence-corrected chi connectivity index (χ0v) is 17.1. The first-order valence-electron chi connectivity index (χ1n) is 10.3. The molecule has 1 saturated heterocycles. The Morgan fingerprint density at radius 1 is 1.03 bits per heavy atom. The molecular weight excluding hydrogens is 380 g/mol. The zero-order chi connectivity index (χ0) is 20.9. The quantitative estimate of drug-likeness (QED) is 0.681. The SMILES string of the molecule is Cc1cc(NC(=O)CN2CCN(C(=O)CCc3ccc4ccccc4c3)CC2)no1. The number of benzene rings is 2. The number of aromatic nitrogens is 1. The first-order chi connectivity index (χ1) is 14.6. The van der Waals surface area contributed by atoms with Gasteiger partial charge in [-0.2, -0.15) is 0 Å². The molecule has 1 aliphatic rings. The van der Waals surface area contributed by atoms with E-state index in [0.717, 1.165) is 6.42 Å². The molecule has 30 heavy (non-hydrogen) atoms. The molecule has 7 nitrogen and oxygen atoms in total. The number of hydrogen-bond donors (Lipinski definition) is 1. The van der Waals surface area contributed by atoms with Gasteiger partial charge in [0.2, 0.25) is 11.8 Å². The van der Waals surface area contributed by atoms with Crippen molar-refractivity contribution < 1.29 is 14.1 Å². The van der Waals surface area contributed by atoms with Gasteiger partial charge >= 0.3 is 0 Å². The van der Waals surface area contributed by atoms with Crippen molar-refractivity contribution >= 4 is 28.4 Å². The maximum atomic E-state index is 12.6. The summed E-state index contributed by atoms with van der Waals surface area (Å²) in [4.78, 5) is 28.7. The summed E-state index contributed by atoms with van der Waals surface area (Å²) in [5.74, 6) is 1.13. The van der Waals surface area contributed by atoms with Crippen LogP contribution in [0.3, 0.4) is 0 Å². The maximum absolute atomic E-state index is 12.6. The summed E-state index contributed by atoms with van der Waals surface area (Å²) in [6.07, 6.45) is 1.24. The Bertz CT molecular complexity index is 1040. The number of nitrogens with one attached hydrogen (secondary N) is 1. The van der Waals surface area contributed by atoms with Gasteiger partial charge in [-0.1, -0.05) is 47.6 Å². The number of carbonyl (C=O) groups excluding carboxylic acids is 2. The highest BCUT2D eigenvalue weighted by Gasteiger charge is 2.22. The molecule has 1 N–H and O–H groups in total. The number of piperazine rings is 1. The molecule has 0 radical (unpaired) electrons. The first-order valence-corrected chi connectivity index (χ1v) is 10.3. The predicted octanol–water partition coefficient (Wildman–Crippen LogP) is 2.85. The Morgan fingerprint density at radius 3 is 2.53 bits per heavy atom. The number of carbonyl (C=O) groups is 2. The van der Waals surface area contributed by atoms with Crippen LogP contribution >= 0.6 is 0 Å². The van der Waals surface area contributed by atoms with Gasteiger partial charge in [0, 0.05) is 38.7 Å². The van der Waals surface area contributed by atoms with E-state index in [9.17, 15) is 9.59 Å². The molecule has 1 fully saturated rings. The van der Waals surface area contributed by atoms with Crippen LogP contribution in [0.25, 0.3) is 10.8 Å². The molecule has 0 unspecified atom stereocenters. The van der Waals surface area contributed by atoms with Gasteiger partial charge in [-0.05, 0) is 29.7 Å². The lowest BCUT2D eigenvalue weighted by molar-refractivity contribution is -0.133. The summed E-state index contributed by atoms with van der Waals surface area (Å²) in [6, 6.07) is 16.3. The molecule has 7 heteroatoms. The Labute approximate surface area is 175 Å². The minimum absolute atomic E-state index is 0.126. The third-order valence-corrected chi connectivity index (χ3v) is 5.43. The van der Waals surface area contributed by atoms with Crippen molar-refractivity contribution in [1.29, 1.82) is 0 Å². The average Bonchev–Trinajstić information content (AvgIpc) is 3.16. The number of nitrogens with zero attached hydrogens (tertiary/aromatic N) is 3. The third kappa shape index (κ3) is 5.04. The van der Waals surface area contributed by atoms with Gasteiger partial charge in [0.25, 0.3) is 0 Å². The van der Waals surface area contributed by atoms with E-state index in [2.05, 4.69) is 45.7 Å². The summed E-state index contributed by atoms with van der Waals surface area (Å²) >= 11 is 0. The fraction of sp³-hybridized carbons (Fsp3) is 0.348. The Balaban J connectivity index is 1.21. The molecule has 0 bridgehead atoms. The van der Waals surface area contributed by atoms with Gasteiger partial charge in [-0.15, -0.1) is 0 Å². The second-order valence-electron chi connectivity index (χ2n) is 7.71. The molecule has 0 spiro atoms. The van der Waals surface area contributed by atoms with Crippen LogP contribution in [0.2, 0.25) is 0 Å². The van der Waals surface area contributed by atoms with E-state index < -0.39 is 0 Å². The highest BCUT2D eigenvalue weighted by Crippen LogP contribution is 2.17. The molecule has 1 aliphatic heterocycles. The summed E-state index contributed by atoms with van der Waals surface area (Å²) < 4.78 is 4.95. The molecule has 0 atom stereocenters. The van der Waals surface area contributed by atoms with Crippen LogP contribution in [-0.2, 0) is 16.0 Å². The highest BCUT2D eigenvalue weighted by molar-refractivity contribution is 5.91. The highest BCUT2D eigenvalue weighted by atomic mass is 16.5. The van der Waals surface area contributed by atoms with Crippen molar-refractivity contribution in [3.63, 3.8) is 0 Å². The third-order valence-electron chi connectivity index (χ3n) is 5.43. The van der Waals surface area contributed by atoms with Crippen LogP contribution in [0.5, 0.6) is 0 Å². The fourth-order valence-electron chi connectivity index (χ4n) is 3.77. The topological polar surface area (TPSA) is 78.7 Å². The largest absolute Gasteiger partial charge is 0.360 e. The molecule has 4 rings (SSSR count). The average molecular weight is 406 g/mol. The van der Waals surface area contributed by atoms with Crippen LogP contribution in [-0.4, -0.2) is 59.5 Å². The van der Waals surface area contributed by atoms with Crippen molar-refractivity contribution in [2.45, 2.75) is 19.8 Å². The van der Waals surface area contributed by atoms with E-state index >= 15 is 0 Å². The molecule has 1 aromatic heterocycles. The Morgan fingerprint density at radius 2 is 1.80 bits per heavy atom. The summed E-state index contributed by atoms with van der Waals surface area (Å²) in [6.45, 7) is 4.73. The number of rotatable bonds is 6. The first kappa shape index (κ1) is 20.1. The summed E-state index contributed by atoms with van der Waals surface area (Å²) in [5.41, 5.74) is 1.18. The van der Waals surface area contributed by atoms with E-state index in [-0.39, 0.29) is 18.4 Å². The number of fused-ring (bicyclic) bond motifs is 1. The van der Waals surface area contributed by atoms with Crippen molar-refractivity contribution in [3.8, 4) is 0 Å².